The van der Waals surface area contributed by atoms with Gasteiger partial charge in [-0.1, -0.05) is 26.2 Å². The highest BCUT2D eigenvalue weighted by Crippen LogP contribution is 2.43. The number of ether oxygens (including phenoxy) is 1. The first kappa shape index (κ1) is 14.6. The van der Waals surface area contributed by atoms with Crippen LogP contribution in [-0.4, -0.2) is 30.7 Å². The van der Waals surface area contributed by atoms with Gasteiger partial charge in [0.15, 0.2) is 0 Å². The standard InChI is InChI=1S/C15H28ClNO/c1-2-13(6-10-16)11-17-12-14-5-9-15(18-14)7-3-4-8-15/h13-14,17H,2-12H2,1H3. The Morgan fingerprint density at radius 3 is 2.78 bits per heavy atom. The zero-order valence-electron chi connectivity index (χ0n) is 11.7. The summed E-state index contributed by atoms with van der Waals surface area (Å²) in [4.78, 5) is 0. The fraction of sp³-hybridized carbons (Fsp3) is 1.00. The number of hydrogen-bond donors (Lipinski definition) is 1. The number of alkyl halides is 1. The minimum absolute atomic E-state index is 0.284. The van der Waals surface area contributed by atoms with Crippen LogP contribution >= 0.6 is 11.6 Å². The first-order chi connectivity index (χ1) is 8.78. The van der Waals surface area contributed by atoms with Gasteiger partial charge in [-0.2, -0.15) is 0 Å². The van der Waals surface area contributed by atoms with E-state index in [4.69, 9.17) is 16.3 Å². The van der Waals surface area contributed by atoms with Crippen LogP contribution in [0.3, 0.4) is 0 Å². The molecule has 1 aliphatic carbocycles. The van der Waals surface area contributed by atoms with E-state index < -0.39 is 0 Å². The summed E-state index contributed by atoms with van der Waals surface area (Å²) in [5.41, 5.74) is 0.284. The average Bonchev–Trinajstić information content (AvgIpc) is 2.99. The zero-order chi connectivity index (χ0) is 12.8. The first-order valence-electron chi connectivity index (χ1n) is 7.72. The molecule has 1 saturated heterocycles. The molecule has 106 valence electrons. The average molecular weight is 274 g/mol. The highest BCUT2D eigenvalue weighted by Gasteiger charge is 2.41. The van der Waals surface area contributed by atoms with Gasteiger partial charge in [-0.15, -0.1) is 11.6 Å². The lowest BCUT2D eigenvalue weighted by molar-refractivity contribution is -0.0352. The predicted molar refractivity (Wildman–Crippen MR) is 77.3 cm³/mol. The van der Waals surface area contributed by atoms with Crippen LogP contribution in [0.2, 0.25) is 0 Å². The van der Waals surface area contributed by atoms with Crippen LogP contribution in [0, 0.1) is 5.92 Å². The Kier molecular flexibility index (Phi) is 5.78. The van der Waals surface area contributed by atoms with E-state index in [9.17, 15) is 0 Å². The molecule has 0 bridgehead atoms. The summed E-state index contributed by atoms with van der Waals surface area (Å²) in [7, 11) is 0. The van der Waals surface area contributed by atoms with Crippen molar-refractivity contribution in [2.24, 2.45) is 5.92 Å². The summed E-state index contributed by atoms with van der Waals surface area (Å²) in [6, 6.07) is 0. The molecule has 0 aromatic carbocycles. The minimum atomic E-state index is 0.284. The highest BCUT2D eigenvalue weighted by atomic mass is 35.5. The molecule has 1 saturated carbocycles. The van der Waals surface area contributed by atoms with E-state index in [1.165, 1.54) is 44.9 Å². The van der Waals surface area contributed by atoms with Gasteiger partial charge in [-0.25, -0.2) is 0 Å². The molecular weight excluding hydrogens is 246 g/mol. The maximum atomic E-state index is 6.30. The largest absolute Gasteiger partial charge is 0.370 e. The van der Waals surface area contributed by atoms with Crippen molar-refractivity contribution in [1.82, 2.24) is 5.32 Å². The van der Waals surface area contributed by atoms with Crippen molar-refractivity contribution in [3.63, 3.8) is 0 Å². The number of rotatable bonds is 7. The third kappa shape index (κ3) is 3.85. The van der Waals surface area contributed by atoms with E-state index in [1.54, 1.807) is 0 Å². The fourth-order valence-corrected chi connectivity index (χ4v) is 3.79. The fourth-order valence-electron chi connectivity index (χ4n) is 3.48. The molecule has 2 nitrogen and oxygen atoms in total. The second kappa shape index (κ2) is 7.12. The minimum Gasteiger partial charge on any atom is -0.370 e. The van der Waals surface area contributed by atoms with Gasteiger partial charge in [0.2, 0.25) is 0 Å². The van der Waals surface area contributed by atoms with Crippen LogP contribution in [0.5, 0.6) is 0 Å². The van der Waals surface area contributed by atoms with Gasteiger partial charge in [0.05, 0.1) is 11.7 Å². The Balaban J connectivity index is 1.63. The van der Waals surface area contributed by atoms with E-state index in [2.05, 4.69) is 12.2 Å². The van der Waals surface area contributed by atoms with Crippen LogP contribution in [-0.2, 0) is 4.74 Å². The Morgan fingerprint density at radius 1 is 1.33 bits per heavy atom. The molecule has 2 aliphatic rings. The van der Waals surface area contributed by atoms with Crippen molar-refractivity contribution in [3.05, 3.63) is 0 Å². The third-order valence-electron chi connectivity index (χ3n) is 4.75. The second-order valence-corrected chi connectivity index (χ2v) is 6.46. The van der Waals surface area contributed by atoms with E-state index in [1.807, 2.05) is 0 Å². The Hall–Kier alpha value is 0.210. The zero-order valence-corrected chi connectivity index (χ0v) is 12.5. The van der Waals surface area contributed by atoms with Gasteiger partial charge < -0.3 is 10.1 Å². The van der Waals surface area contributed by atoms with Gasteiger partial charge in [0.1, 0.15) is 0 Å². The normalized spacial score (nSPS) is 28.0. The highest BCUT2D eigenvalue weighted by molar-refractivity contribution is 6.17. The molecule has 2 unspecified atom stereocenters. The Bertz CT molecular complexity index is 241. The van der Waals surface area contributed by atoms with Gasteiger partial charge in [-0.05, 0) is 44.6 Å². The molecule has 1 heterocycles. The summed E-state index contributed by atoms with van der Waals surface area (Å²) in [6.07, 6.45) is 10.7. The van der Waals surface area contributed by atoms with E-state index in [-0.39, 0.29) is 5.60 Å². The lowest BCUT2D eigenvalue weighted by Crippen LogP contribution is -2.33. The summed E-state index contributed by atoms with van der Waals surface area (Å²) in [5.74, 6) is 1.51. The quantitative estimate of drug-likeness (QED) is 0.714. The van der Waals surface area contributed by atoms with Crippen LogP contribution in [0.4, 0.5) is 0 Å². The van der Waals surface area contributed by atoms with Crippen molar-refractivity contribution in [2.45, 2.75) is 70.0 Å². The molecule has 2 atom stereocenters. The third-order valence-corrected chi connectivity index (χ3v) is 4.97. The smallest absolute Gasteiger partial charge is 0.0708 e. The molecule has 1 aliphatic heterocycles. The van der Waals surface area contributed by atoms with Gasteiger partial charge in [0.25, 0.3) is 0 Å². The SMILES string of the molecule is CCC(CCCl)CNCC1CCC2(CCCC2)O1. The van der Waals surface area contributed by atoms with Crippen LogP contribution in [0.1, 0.15) is 58.3 Å². The Labute approximate surface area is 117 Å². The van der Waals surface area contributed by atoms with Crippen LogP contribution < -0.4 is 5.32 Å². The van der Waals surface area contributed by atoms with Crippen molar-refractivity contribution >= 4 is 11.6 Å². The molecule has 18 heavy (non-hydrogen) atoms. The molecule has 0 aromatic rings. The molecule has 1 spiro atoms. The molecular formula is C15H28ClNO. The molecule has 2 fully saturated rings. The maximum absolute atomic E-state index is 6.30. The number of nitrogens with one attached hydrogen (secondary N) is 1. The Morgan fingerprint density at radius 2 is 2.11 bits per heavy atom. The topological polar surface area (TPSA) is 21.3 Å². The van der Waals surface area contributed by atoms with E-state index in [0.29, 0.717) is 6.10 Å². The summed E-state index contributed by atoms with van der Waals surface area (Å²) < 4.78 is 6.30. The molecule has 3 heteroatoms. The lowest BCUT2D eigenvalue weighted by atomic mass is 9.98. The van der Waals surface area contributed by atoms with Crippen molar-refractivity contribution in [2.75, 3.05) is 19.0 Å². The summed E-state index contributed by atoms with van der Waals surface area (Å²) >= 11 is 5.81. The van der Waals surface area contributed by atoms with Crippen LogP contribution in [0.25, 0.3) is 0 Å². The predicted octanol–water partition coefficient (Wildman–Crippen LogP) is 3.72. The lowest BCUT2D eigenvalue weighted by Gasteiger charge is -2.24. The van der Waals surface area contributed by atoms with Gasteiger partial charge in [0, 0.05) is 12.4 Å². The van der Waals surface area contributed by atoms with Crippen molar-refractivity contribution in [1.29, 1.82) is 0 Å². The number of hydrogen-bond acceptors (Lipinski definition) is 2. The second-order valence-electron chi connectivity index (χ2n) is 6.08. The molecule has 0 aromatic heterocycles. The van der Waals surface area contributed by atoms with Crippen LogP contribution in [0.15, 0.2) is 0 Å². The molecule has 1 N–H and O–H groups in total. The van der Waals surface area contributed by atoms with Gasteiger partial charge in [-0.3, -0.25) is 0 Å². The number of halogens is 1. The molecule has 0 radical (unpaired) electrons. The molecule has 2 rings (SSSR count). The van der Waals surface area contributed by atoms with Crippen molar-refractivity contribution < 1.29 is 4.74 Å². The van der Waals surface area contributed by atoms with E-state index in [0.717, 1.165) is 31.3 Å². The summed E-state index contributed by atoms with van der Waals surface area (Å²) in [6.45, 7) is 4.37. The van der Waals surface area contributed by atoms with Crippen molar-refractivity contribution in [3.8, 4) is 0 Å². The maximum Gasteiger partial charge on any atom is 0.0708 e. The first-order valence-corrected chi connectivity index (χ1v) is 8.26. The van der Waals surface area contributed by atoms with E-state index >= 15 is 0 Å². The summed E-state index contributed by atoms with van der Waals surface area (Å²) in [5, 5.41) is 3.59. The monoisotopic (exact) mass is 273 g/mol. The van der Waals surface area contributed by atoms with Gasteiger partial charge >= 0.3 is 0 Å². The molecule has 0 amide bonds.